The first kappa shape index (κ1) is 39.7. The first-order valence-electron chi connectivity index (χ1n) is 19.7. The van der Waals surface area contributed by atoms with Crippen LogP contribution in [0.3, 0.4) is 0 Å². The lowest BCUT2D eigenvalue weighted by Gasteiger charge is -2.71. The summed E-state index contributed by atoms with van der Waals surface area (Å²) in [5.41, 5.74) is 0.616. The molecule has 0 bridgehead atoms. The lowest BCUT2D eigenvalue weighted by Crippen LogP contribution is -2.66. The number of aliphatic hydroxyl groups excluding tert-OH is 7. The number of hydrogen-bond donors (Lipinski definition) is 8. The van der Waals surface area contributed by atoms with Crippen molar-refractivity contribution in [3.8, 4) is 0 Å². The van der Waals surface area contributed by atoms with E-state index < -0.39 is 84.8 Å². The SMILES string of the molecule is C=C1CCC2(C(=O)O)CCC3(C)C(=CCC4C5(C)CCC(OC6OCC(O)C(OC7OC(CO)C(O)C(O)C7O)C6O)C(C)(CO)C5CCC43C)C2C1. The summed E-state index contributed by atoms with van der Waals surface area (Å²) in [7, 11) is 0. The van der Waals surface area contributed by atoms with Crippen molar-refractivity contribution in [2.24, 2.45) is 44.8 Å². The second-order valence-electron chi connectivity index (χ2n) is 18.6. The molecule has 5 aliphatic carbocycles. The number of allylic oxidation sites excluding steroid dienone is 3. The summed E-state index contributed by atoms with van der Waals surface area (Å²) in [6, 6.07) is 0. The minimum Gasteiger partial charge on any atom is -0.481 e. The Kier molecular flexibility index (Phi) is 10.4. The molecular formula is C40H62O13. The van der Waals surface area contributed by atoms with Gasteiger partial charge in [-0.3, -0.25) is 4.79 Å². The Balaban J connectivity index is 1.11. The van der Waals surface area contributed by atoms with Crippen LogP contribution in [0.5, 0.6) is 0 Å². The average molecular weight is 751 g/mol. The second-order valence-corrected chi connectivity index (χ2v) is 18.6. The van der Waals surface area contributed by atoms with Gasteiger partial charge in [0, 0.05) is 11.3 Å². The Morgan fingerprint density at radius 2 is 1.62 bits per heavy atom. The largest absolute Gasteiger partial charge is 0.481 e. The third-order valence-electron chi connectivity index (χ3n) is 16.4. The molecule has 13 nitrogen and oxygen atoms in total. The predicted octanol–water partition coefficient (Wildman–Crippen LogP) is 2.02. The minimum absolute atomic E-state index is 0.0379. The van der Waals surface area contributed by atoms with Crippen molar-refractivity contribution < 1.29 is 64.6 Å². The van der Waals surface area contributed by atoms with Crippen molar-refractivity contribution in [3.05, 3.63) is 23.8 Å². The number of aliphatic hydroxyl groups is 7. The fourth-order valence-corrected chi connectivity index (χ4v) is 13.0. The Morgan fingerprint density at radius 1 is 0.887 bits per heavy atom. The summed E-state index contributed by atoms with van der Waals surface area (Å²) >= 11 is 0. The topological polar surface area (TPSA) is 216 Å². The maximum Gasteiger partial charge on any atom is 0.310 e. The molecule has 0 spiro atoms. The highest BCUT2D eigenvalue weighted by molar-refractivity contribution is 5.77. The van der Waals surface area contributed by atoms with Gasteiger partial charge in [-0.25, -0.2) is 0 Å². The van der Waals surface area contributed by atoms with Crippen LogP contribution in [0.1, 0.15) is 91.9 Å². The fraction of sp³-hybridized carbons (Fsp3) is 0.875. The van der Waals surface area contributed by atoms with E-state index in [1.54, 1.807) is 0 Å². The molecule has 2 heterocycles. The quantitative estimate of drug-likeness (QED) is 0.138. The summed E-state index contributed by atoms with van der Waals surface area (Å²) in [6.07, 6.45) is -3.74. The highest BCUT2D eigenvalue weighted by Crippen LogP contribution is 2.75. The van der Waals surface area contributed by atoms with E-state index in [2.05, 4.69) is 40.3 Å². The van der Waals surface area contributed by atoms with Gasteiger partial charge in [-0.05, 0) is 92.3 Å². The van der Waals surface area contributed by atoms with Gasteiger partial charge >= 0.3 is 5.97 Å². The van der Waals surface area contributed by atoms with Gasteiger partial charge in [0.2, 0.25) is 0 Å². The molecule has 18 atom stereocenters. The first-order chi connectivity index (χ1) is 24.9. The van der Waals surface area contributed by atoms with Gasteiger partial charge in [0.1, 0.15) is 42.7 Å². The number of carbonyl (C=O) groups is 1. The van der Waals surface area contributed by atoms with Crippen LogP contribution in [0.4, 0.5) is 0 Å². The van der Waals surface area contributed by atoms with E-state index in [0.29, 0.717) is 25.2 Å². The molecule has 7 rings (SSSR count). The summed E-state index contributed by atoms with van der Waals surface area (Å²) in [5.74, 6) is -0.351. The van der Waals surface area contributed by atoms with Crippen molar-refractivity contribution >= 4 is 5.97 Å². The zero-order chi connectivity index (χ0) is 38.5. The van der Waals surface area contributed by atoms with E-state index in [1.807, 2.05) is 0 Å². The van der Waals surface area contributed by atoms with Gasteiger partial charge in [-0.15, -0.1) is 0 Å². The van der Waals surface area contributed by atoms with Crippen molar-refractivity contribution in [2.45, 2.75) is 153 Å². The van der Waals surface area contributed by atoms with E-state index in [1.165, 1.54) is 5.57 Å². The van der Waals surface area contributed by atoms with Crippen LogP contribution in [-0.2, 0) is 23.7 Å². The Bertz CT molecular complexity index is 1450. The van der Waals surface area contributed by atoms with E-state index in [4.69, 9.17) is 18.9 Å². The average Bonchev–Trinajstić information content (AvgIpc) is 3.12. The summed E-state index contributed by atoms with van der Waals surface area (Å²) in [6.45, 7) is 12.5. The van der Waals surface area contributed by atoms with Gasteiger partial charge < -0.3 is 59.8 Å². The van der Waals surface area contributed by atoms with Gasteiger partial charge in [0.15, 0.2) is 12.6 Å². The summed E-state index contributed by atoms with van der Waals surface area (Å²) in [5, 5.41) is 84.6. The summed E-state index contributed by atoms with van der Waals surface area (Å²) < 4.78 is 23.6. The first-order valence-corrected chi connectivity index (χ1v) is 19.7. The number of aliphatic carboxylic acids is 1. The fourth-order valence-electron chi connectivity index (χ4n) is 13.0. The lowest BCUT2D eigenvalue weighted by atomic mass is 9.34. The smallest absolute Gasteiger partial charge is 0.310 e. The van der Waals surface area contributed by atoms with Crippen LogP contribution in [0.25, 0.3) is 0 Å². The van der Waals surface area contributed by atoms with E-state index in [9.17, 15) is 45.6 Å². The normalized spacial score (nSPS) is 54.1. The highest BCUT2D eigenvalue weighted by atomic mass is 16.7. The molecule has 300 valence electrons. The number of carboxylic acid groups (broad SMARTS) is 1. The van der Waals surface area contributed by atoms with Gasteiger partial charge in [0.25, 0.3) is 0 Å². The zero-order valence-corrected chi connectivity index (χ0v) is 31.6. The van der Waals surface area contributed by atoms with Crippen LogP contribution in [0, 0.1) is 44.8 Å². The molecule has 0 radical (unpaired) electrons. The molecule has 0 amide bonds. The molecule has 0 aromatic carbocycles. The molecule has 18 unspecified atom stereocenters. The Morgan fingerprint density at radius 3 is 2.30 bits per heavy atom. The molecule has 13 heteroatoms. The molecule has 6 fully saturated rings. The van der Waals surface area contributed by atoms with Crippen molar-refractivity contribution in [3.63, 3.8) is 0 Å². The molecule has 7 aliphatic rings. The van der Waals surface area contributed by atoms with Gasteiger partial charge in [-0.1, -0.05) is 51.5 Å². The maximum atomic E-state index is 12.9. The molecule has 2 aliphatic heterocycles. The molecule has 0 aromatic rings. The zero-order valence-electron chi connectivity index (χ0n) is 31.6. The Hall–Kier alpha value is -1.49. The van der Waals surface area contributed by atoms with Crippen molar-refractivity contribution in [1.29, 1.82) is 0 Å². The number of hydrogen-bond acceptors (Lipinski definition) is 12. The summed E-state index contributed by atoms with van der Waals surface area (Å²) in [4.78, 5) is 12.9. The highest BCUT2D eigenvalue weighted by Gasteiger charge is 2.69. The van der Waals surface area contributed by atoms with E-state index in [-0.39, 0.29) is 41.3 Å². The number of fused-ring (bicyclic) bond motifs is 7. The van der Waals surface area contributed by atoms with E-state index >= 15 is 0 Å². The third-order valence-corrected chi connectivity index (χ3v) is 16.4. The molecule has 2 saturated heterocycles. The molecule has 0 aromatic heterocycles. The third kappa shape index (κ3) is 5.77. The molecule has 8 N–H and O–H groups in total. The van der Waals surface area contributed by atoms with Crippen LogP contribution >= 0.6 is 0 Å². The van der Waals surface area contributed by atoms with E-state index in [0.717, 1.165) is 50.5 Å². The molecule has 53 heavy (non-hydrogen) atoms. The molecular weight excluding hydrogens is 688 g/mol. The van der Waals surface area contributed by atoms with Crippen LogP contribution in [-0.4, -0.2) is 128 Å². The lowest BCUT2D eigenvalue weighted by molar-refractivity contribution is -0.358. The van der Waals surface area contributed by atoms with Gasteiger partial charge in [0.05, 0.1) is 31.3 Å². The van der Waals surface area contributed by atoms with Crippen LogP contribution in [0.15, 0.2) is 23.8 Å². The minimum atomic E-state index is -1.72. The van der Waals surface area contributed by atoms with Crippen LogP contribution in [0.2, 0.25) is 0 Å². The maximum absolute atomic E-state index is 12.9. The second kappa shape index (κ2) is 13.9. The Labute approximate surface area is 312 Å². The van der Waals surface area contributed by atoms with Crippen molar-refractivity contribution in [2.75, 3.05) is 19.8 Å². The predicted molar refractivity (Wildman–Crippen MR) is 189 cm³/mol. The number of ether oxygens (including phenoxy) is 4. The number of rotatable bonds is 7. The molecule has 4 saturated carbocycles. The number of carboxylic acids is 1. The standard InChI is InChI=1S/C40H62O13/c1-20-8-13-40(35(48)49)15-14-38(4)21(22(40)16-20)6-7-26-36(2)11-10-27(37(3,19-42)25(36)9-12-39(26,38)5)52-33-31(47)32(23(43)18-50-33)53-34-30(46)29(45)28(44)24(17-41)51-34/h6,22-34,41-47H,1,7-19H2,2-5H3,(H,48,49). The van der Waals surface area contributed by atoms with Crippen molar-refractivity contribution in [1.82, 2.24) is 0 Å². The monoisotopic (exact) mass is 750 g/mol. The van der Waals surface area contributed by atoms with Gasteiger partial charge in [-0.2, -0.15) is 0 Å². The van der Waals surface area contributed by atoms with Crippen LogP contribution < -0.4 is 0 Å².